The van der Waals surface area contributed by atoms with Crippen molar-refractivity contribution in [3.05, 3.63) is 0 Å². The second-order valence-corrected chi connectivity index (χ2v) is 7.08. The molecule has 0 amide bonds. The van der Waals surface area contributed by atoms with Crippen molar-refractivity contribution in [2.45, 2.75) is 58.1 Å². The highest BCUT2D eigenvalue weighted by Crippen LogP contribution is 2.37. The number of hydrogen-bond donors (Lipinski definition) is 3. The zero-order valence-corrected chi connectivity index (χ0v) is 13.4. The first-order chi connectivity index (χ1) is 9.50. The van der Waals surface area contributed by atoms with Gasteiger partial charge in [0.2, 0.25) is 0 Å². The molecule has 0 rings (SSSR count). The topological polar surface area (TPSA) is 129 Å². The van der Waals surface area contributed by atoms with E-state index in [1.165, 1.54) is 0 Å². The molecule has 0 aromatic heterocycles. The van der Waals surface area contributed by atoms with Crippen LogP contribution in [-0.2, 0) is 19.7 Å². The van der Waals surface area contributed by atoms with E-state index < -0.39 is 32.7 Å². The molecule has 0 aliphatic rings. The third-order valence-corrected chi connectivity index (χ3v) is 5.16. The van der Waals surface area contributed by atoms with Crippen LogP contribution in [0.2, 0.25) is 0 Å². The number of aliphatic carboxylic acids is 2. The largest absolute Gasteiger partial charge is 0.481 e. The minimum Gasteiger partial charge on any atom is -0.481 e. The molecule has 0 aliphatic heterocycles. The highest BCUT2D eigenvalue weighted by atomic mass is 32.2. The highest BCUT2D eigenvalue weighted by Gasteiger charge is 2.53. The lowest BCUT2D eigenvalue weighted by atomic mass is 9.75. The van der Waals surface area contributed by atoms with Crippen LogP contribution in [0.15, 0.2) is 0 Å². The zero-order chi connectivity index (χ0) is 16.8. The minimum absolute atomic E-state index is 0.115. The molecule has 0 aromatic rings. The van der Waals surface area contributed by atoms with E-state index in [1.807, 2.05) is 13.8 Å². The maximum atomic E-state index is 11.5. The average Bonchev–Trinajstić information content (AvgIpc) is 2.31. The highest BCUT2D eigenvalue weighted by molar-refractivity contribution is 7.87. The first kappa shape index (κ1) is 19.9. The Balaban J connectivity index is 5.59. The van der Waals surface area contributed by atoms with Crippen molar-refractivity contribution in [3.63, 3.8) is 0 Å². The van der Waals surface area contributed by atoms with Gasteiger partial charge in [-0.1, -0.05) is 39.5 Å². The molecule has 0 saturated carbocycles. The van der Waals surface area contributed by atoms with Gasteiger partial charge in [-0.15, -0.1) is 0 Å². The lowest BCUT2D eigenvalue weighted by Crippen LogP contribution is -2.50. The summed E-state index contributed by atoms with van der Waals surface area (Å²) >= 11 is 0. The van der Waals surface area contributed by atoms with Crippen LogP contribution in [0.1, 0.15) is 52.9 Å². The predicted molar refractivity (Wildman–Crippen MR) is 76.6 cm³/mol. The van der Waals surface area contributed by atoms with Crippen LogP contribution in [0.3, 0.4) is 0 Å². The number of carboxylic acids is 2. The predicted octanol–water partition coefficient (Wildman–Crippen LogP) is 2.02. The molecule has 0 aliphatic carbocycles. The van der Waals surface area contributed by atoms with Gasteiger partial charge >= 0.3 is 11.9 Å². The van der Waals surface area contributed by atoms with Gasteiger partial charge in [-0.05, 0) is 19.3 Å². The number of hydrogen-bond acceptors (Lipinski definition) is 4. The van der Waals surface area contributed by atoms with Gasteiger partial charge in [0, 0.05) is 0 Å². The van der Waals surface area contributed by atoms with Crippen molar-refractivity contribution in [2.24, 2.45) is 11.3 Å². The van der Waals surface area contributed by atoms with E-state index in [1.54, 1.807) is 0 Å². The first-order valence-corrected chi connectivity index (χ1v) is 8.43. The summed E-state index contributed by atoms with van der Waals surface area (Å²) in [6.07, 6.45) is 2.93. The van der Waals surface area contributed by atoms with E-state index in [9.17, 15) is 23.1 Å². The molecule has 0 fully saturated rings. The van der Waals surface area contributed by atoms with Gasteiger partial charge < -0.3 is 10.2 Å². The second kappa shape index (κ2) is 7.74. The molecule has 3 atom stereocenters. The summed E-state index contributed by atoms with van der Waals surface area (Å²) in [5, 5.41) is 16.0. The van der Waals surface area contributed by atoms with Crippen molar-refractivity contribution >= 4 is 22.1 Å². The molecule has 0 saturated heterocycles. The summed E-state index contributed by atoms with van der Waals surface area (Å²) in [6.45, 7) is 4.88. The molecule has 7 nitrogen and oxygen atoms in total. The molecular weight excluding hydrogens is 300 g/mol. The molecule has 0 aromatic carbocycles. The van der Waals surface area contributed by atoms with Gasteiger partial charge in [0.15, 0.2) is 5.25 Å². The third kappa shape index (κ3) is 5.28. The summed E-state index contributed by atoms with van der Waals surface area (Å²) in [7, 11) is -5.02. The van der Waals surface area contributed by atoms with Gasteiger partial charge in [-0.3, -0.25) is 14.1 Å². The van der Waals surface area contributed by atoms with E-state index >= 15 is 0 Å². The zero-order valence-electron chi connectivity index (χ0n) is 12.6. The fourth-order valence-corrected chi connectivity index (χ4v) is 3.69. The van der Waals surface area contributed by atoms with Crippen LogP contribution in [0.25, 0.3) is 0 Å². The molecular formula is C13H24O7S. The van der Waals surface area contributed by atoms with Gasteiger partial charge in [-0.25, -0.2) is 0 Å². The average molecular weight is 324 g/mol. The summed E-state index contributed by atoms with van der Waals surface area (Å²) in [5.41, 5.74) is -2.08. The normalized spacial score (nSPS) is 17.7. The van der Waals surface area contributed by atoms with Crippen LogP contribution < -0.4 is 0 Å². The van der Waals surface area contributed by atoms with Crippen LogP contribution in [0.4, 0.5) is 0 Å². The third-order valence-electron chi connectivity index (χ3n) is 3.85. The van der Waals surface area contributed by atoms with Crippen molar-refractivity contribution in [1.29, 1.82) is 0 Å². The Morgan fingerprint density at radius 2 is 1.71 bits per heavy atom. The fourth-order valence-electron chi connectivity index (χ4n) is 2.58. The van der Waals surface area contributed by atoms with Crippen LogP contribution >= 0.6 is 0 Å². The molecule has 21 heavy (non-hydrogen) atoms. The second-order valence-electron chi connectivity index (χ2n) is 5.58. The fraction of sp³-hybridized carbons (Fsp3) is 0.846. The summed E-state index contributed by atoms with van der Waals surface area (Å²) < 4.78 is 31.8. The lowest BCUT2D eigenvalue weighted by Gasteiger charge is -2.32. The molecule has 3 unspecified atom stereocenters. The lowest BCUT2D eigenvalue weighted by molar-refractivity contribution is -0.155. The van der Waals surface area contributed by atoms with Crippen LogP contribution in [0, 0.1) is 11.3 Å². The van der Waals surface area contributed by atoms with Gasteiger partial charge in [0.05, 0.1) is 5.41 Å². The maximum Gasteiger partial charge on any atom is 0.325 e. The molecule has 0 heterocycles. The Bertz CT molecular complexity index is 471. The first-order valence-electron chi connectivity index (χ1n) is 6.93. The molecule has 0 radical (unpaired) electrons. The van der Waals surface area contributed by atoms with Crippen molar-refractivity contribution in [2.75, 3.05) is 0 Å². The molecule has 3 N–H and O–H groups in total. The van der Waals surface area contributed by atoms with E-state index in [2.05, 4.69) is 0 Å². The molecule has 0 bridgehead atoms. The molecule has 124 valence electrons. The van der Waals surface area contributed by atoms with Gasteiger partial charge in [0.25, 0.3) is 10.1 Å². The Labute approximate surface area is 125 Å². The summed E-state index contributed by atoms with van der Waals surface area (Å²) in [6, 6.07) is 0. The quantitative estimate of drug-likeness (QED) is 0.524. The van der Waals surface area contributed by atoms with Crippen LogP contribution in [0.5, 0.6) is 0 Å². The minimum atomic E-state index is -5.02. The molecule has 8 heteroatoms. The van der Waals surface area contributed by atoms with Gasteiger partial charge in [-0.2, -0.15) is 8.42 Å². The number of unbranched alkanes of at least 4 members (excludes halogenated alkanes) is 1. The number of carboxylic acid groups (broad SMARTS) is 2. The van der Waals surface area contributed by atoms with Crippen molar-refractivity contribution in [3.8, 4) is 0 Å². The summed E-state index contributed by atoms with van der Waals surface area (Å²) in [4.78, 5) is 22.7. The Morgan fingerprint density at radius 3 is 2.00 bits per heavy atom. The smallest absolute Gasteiger partial charge is 0.325 e. The SMILES string of the molecule is CCCCC(CC)CC(C)(C(=O)O)C(C(=O)O)S(=O)(=O)O. The Morgan fingerprint density at radius 1 is 1.19 bits per heavy atom. The standard InChI is InChI=1S/C13H24O7S/c1-4-6-7-9(5-2)8-13(3,12(16)17)10(11(14)15)21(18,19)20/h9-10H,4-8H2,1-3H3,(H,14,15)(H,16,17)(H,18,19,20). The monoisotopic (exact) mass is 324 g/mol. The van der Waals surface area contributed by atoms with E-state index in [0.717, 1.165) is 19.8 Å². The van der Waals surface area contributed by atoms with Crippen molar-refractivity contribution in [1.82, 2.24) is 0 Å². The Hall–Kier alpha value is -1.15. The van der Waals surface area contributed by atoms with Crippen molar-refractivity contribution < 1.29 is 32.8 Å². The number of rotatable bonds is 10. The van der Waals surface area contributed by atoms with Crippen LogP contribution in [-0.4, -0.2) is 40.4 Å². The summed E-state index contributed by atoms with van der Waals surface area (Å²) in [5.74, 6) is -3.51. The van der Waals surface area contributed by atoms with E-state index in [4.69, 9.17) is 9.66 Å². The van der Waals surface area contributed by atoms with E-state index in [0.29, 0.717) is 12.8 Å². The maximum absolute atomic E-state index is 11.5. The van der Waals surface area contributed by atoms with E-state index in [-0.39, 0.29) is 12.3 Å². The molecule has 0 spiro atoms. The van der Waals surface area contributed by atoms with Gasteiger partial charge in [0.1, 0.15) is 0 Å². The Kier molecular flexibility index (Phi) is 7.32. The number of carbonyl (C=O) groups is 2.